The number of anilines is 3. The monoisotopic (exact) mass is 349 g/mol. The number of hydrogen-bond acceptors (Lipinski definition) is 7. The van der Waals surface area contributed by atoms with Crippen molar-refractivity contribution in [3.8, 4) is 22.8 Å². The van der Waals surface area contributed by atoms with Gasteiger partial charge in [0.05, 0.1) is 5.69 Å². The molecule has 1 aromatic carbocycles. The molecule has 26 heavy (non-hydrogen) atoms. The molecule has 7 nitrogen and oxygen atoms in total. The second kappa shape index (κ2) is 6.87. The highest BCUT2D eigenvalue weighted by atomic mass is 16.7. The summed E-state index contributed by atoms with van der Waals surface area (Å²) in [5, 5.41) is 6.57. The van der Waals surface area contributed by atoms with Crippen LogP contribution in [-0.2, 0) is 0 Å². The third-order valence-corrected chi connectivity index (χ3v) is 3.75. The van der Waals surface area contributed by atoms with E-state index in [0.29, 0.717) is 11.8 Å². The number of rotatable bonds is 5. The average Bonchev–Trinajstić information content (AvgIpc) is 3.09. The minimum atomic E-state index is 0.220. The maximum absolute atomic E-state index is 5.43. The van der Waals surface area contributed by atoms with Crippen molar-refractivity contribution in [2.45, 2.75) is 19.9 Å². The molecule has 0 atom stereocenters. The lowest BCUT2D eigenvalue weighted by Crippen LogP contribution is -2.13. The van der Waals surface area contributed by atoms with Crippen LogP contribution in [0.2, 0.25) is 0 Å². The summed E-state index contributed by atoms with van der Waals surface area (Å²) < 4.78 is 10.8. The fourth-order valence-electron chi connectivity index (χ4n) is 2.62. The predicted molar refractivity (Wildman–Crippen MR) is 99.9 cm³/mol. The largest absolute Gasteiger partial charge is 0.454 e. The summed E-state index contributed by atoms with van der Waals surface area (Å²) in [5.41, 5.74) is 2.58. The summed E-state index contributed by atoms with van der Waals surface area (Å²) in [6.45, 7) is 4.34. The van der Waals surface area contributed by atoms with Crippen LogP contribution in [0.5, 0.6) is 11.5 Å². The van der Waals surface area contributed by atoms with E-state index < -0.39 is 0 Å². The highest BCUT2D eigenvalue weighted by Crippen LogP contribution is 2.35. The van der Waals surface area contributed by atoms with Crippen LogP contribution in [0, 0.1) is 0 Å². The Bertz CT molecular complexity index is 915. The standard InChI is InChI=1S/C19H19N5O2/c1-12(2)21-19-23-15(13-4-3-7-20-10-13)9-18(24-19)22-14-5-6-16-17(8-14)26-11-25-16/h3-10,12H,11H2,1-2H3,(H2,21,22,23,24). The van der Waals surface area contributed by atoms with Gasteiger partial charge in [-0.1, -0.05) is 0 Å². The van der Waals surface area contributed by atoms with Gasteiger partial charge in [0.25, 0.3) is 0 Å². The summed E-state index contributed by atoms with van der Waals surface area (Å²) in [5.74, 6) is 2.71. The van der Waals surface area contributed by atoms with Crippen LogP contribution in [-0.4, -0.2) is 27.8 Å². The number of hydrogen-bond donors (Lipinski definition) is 2. The maximum atomic E-state index is 5.43. The molecule has 0 fully saturated rings. The van der Waals surface area contributed by atoms with Crippen molar-refractivity contribution in [2.24, 2.45) is 0 Å². The fourth-order valence-corrected chi connectivity index (χ4v) is 2.62. The lowest BCUT2D eigenvalue weighted by Gasteiger charge is -2.13. The van der Waals surface area contributed by atoms with Gasteiger partial charge in [0.1, 0.15) is 5.82 Å². The number of fused-ring (bicyclic) bond motifs is 1. The molecule has 0 aliphatic carbocycles. The van der Waals surface area contributed by atoms with Crippen molar-refractivity contribution < 1.29 is 9.47 Å². The molecule has 0 amide bonds. The Labute approximate surface area is 151 Å². The Morgan fingerprint density at radius 2 is 1.92 bits per heavy atom. The van der Waals surface area contributed by atoms with Gasteiger partial charge in [-0.05, 0) is 38.1 Å². The highest BCUT2D eigenvalue weighted by molar-refractivity contribution is 5.68. The average molecular weight is 349 g/mol. The lowest BCUT2D eigenvalue weighted by atomic mass is 10.2. The minimum absolute atomic E-state index is 0.220. The van der Waals surface area contributed by atoms with E-state index >= 15 is 0 Å². The third kappa shape index (κ3) is 3.51. The van der Waals surface area contributed by atoms with Crippen molar-refractivity contribution in [3.05, 3.63) is 48.8 Å². The second-order valence-electron chi connectivity index (χ2n) is 6.20. The van der Waals surface area contributed by atoms with Crippen molar-refractivity contribution in [1.82, 2.24) is 15.0 Å². The molecule has 2 aromatic heterocycles. The summed E-state index contributed by atoms with van der Waals surface area (Å²) in [7, 11) is 0. The van der Waals surface area contributed by atoms with Gasteiger partial charge in [-0.15, -0.1) is 0 Å². The third-order valence-electron chi connectivity index (χ3n) is 3.75. The van der Waals surface area contributed by atoms with Crippen LogP contribution in [0.15, 0.2) is 48.8 Å². The Hall–Kier alpha value is -3.35. The number of ether oxygens (including phenoxy) is 2. The maximum Gasteiger partial charge on any atom is 0.231 e. The van der Waals surface area contributed by atoms with Crippen LogP contribution in [0.4, 0.5) is 17.5 Å². The predicted octanol–water partition coefficient (Wildman–Crippen LogP) is 3.83. The molecule has 1 aliphatic heterocycles. The molecule has 2 N–H and O–H groups in total. The van der Waals surface area contributed by atoms with E-state index in [4.69, 9.17) is 9.47 Å². The number of benzene rings is 1. The SMILES string of the molecule is CC(C)Nc1nc(Nc2ccc3c(c2)OCO3)cc(-c2cccnc2)n1. The van der Waals surface area contributed by atoms with Gasteiger partial charge >= 0.3 is 0 Å². The topological polar surface area (TPSA) is 81.2 Å². The van der Waals surface area contributed by atoms with E-state index in [-0.39, 0.29) is 12.8 Å². The Balaban J connectivity index is 1.68. The van der Waals surface area contributed by atoms with Crippen LogP contribution in [0.1, 0.15) is 13.8 Å². The molecule has 0 bridgehead atoms. The van der Waals surface area contributed by atoms with Gasteiger partial charge in [-0.3, -0.25) is 4.98 Å². The van der Waals surface area contributed by atoms with E-state index in [1.807, 2.05) is 50.2 Å². The molecule has 7 heteroatoms. The Kier molecular flexibility index (Phi) is 4.27. The van der Waals surface area contributed by atoms with Gasteiger partial charge in [-0.25, -0.2) is 4.98 Å². The number of aromatic nitrogens is 3. The lowest BCUT2D eigenvalue weighted by molar-refractivity contribution is 0.174. The smallest absolute Gasteiger partial charge is 0.231 e. The second-order valence-corrected chi connectivity index (χ2v) is 6.20. The van der Waals surface area contributed by atoms with Crippen molar-refractivity contribution in [3.63, 3.8) is 0 Å². The zero-order valence-electron chi connectivity index (χ0n) is 14.6. The fraction of sp³-hybridized carbons (Fsp3) is 0.211. The minimum Gasteiger partial charge on any atom is -0.454 e. The summed E-state index contributed by atoms with van der Waals surface area (Å²) in [6.07, 6.45) is 3.52. The normalized spacial score (nSPS) is 12.3. The molecule has 0 spiro atoms. The molecule has 3 heterocycles. The first-order valence-electron chi connectivity index (χ1n) is 8.40. The molecular weight excluding hydrogens is 330 g/mol. The van der Waals surface area contributed by atoms with Crippen molar-refractivity contribution >= 4 is 17.5 Å². The van der Waals surface area contributed by atoms with Crippen LogP contribution < -0.4 is 20.1 Å². The van der Waals surface area contributed by atoms with Crippen molar-refractivity contribution in [2.75, 3.05) is 17.4 Å². The molecule has 132 valence electrons. The van der Waals surface area contributed by atoms with Gasteiger partial charge < -0.3 is 20.1 Å². The van der Waals surface area contributed by atoms with Crippen molar-refractivity contribution in [1.29, 1.82) is 0 Å². The van der Waals surface area contributed by atoms with E-state index in [9.17, 15) is 0 Å². The molecule has 0 radical (unpaired) electrons. The van der Waals surface area contributed by atoms with Gasteiger partial charge in [0.2, 0.25) is 12.7 Å². The molecule has 4 rings (SSSR count). The molecular formula is C19H19N5O2. The zero-order chi connectivity index (χ0) is 17.9. The van der Waals surface area contributed by atoms with Gasteiger partial charge in [0, 0.05) is 41.8 Å². The first kappa shape index (κ1) is 16.1. The van der Waals surface area contributed by atoms with E-state index in [1.165, 1.54) is 0 Å². The Morgan fingerprint density at radius 3 is 2.73 bits per heavy atom. The van der Waals surface area contributed by atoms with Gasteiger partial charge in [-0.2, -0.15) is 4.98 Å². The first-order valence-corrected chi connectivity index (χ1v) is 8.40. The van der Waals surface area contributed by atoms with E-state index in [1.54, 1.807) is 12.4 Å². The first-order chi connectivity index (χ1) is 12.7. The molecule has 1 aliphatic rings. The molecule has 3 aromatic rings. The molecule has 0 unspecified atom stereocenters. The Morgan fingerprint density at radius 1 is 1.04 bits per heavy atom. The zero-order valence-corrected chi connectivity index (χ0v) is 14.6. The van der Waals surface area contributed by atoms with E-state index in [2.05, 4.69) is 25.6 Å². The van der Waals surface area contributed by atoms with Crippen LogP contribution in [0.25, 0.3) is 11.3 Å². The molecule has 0 saturated carbocycles. The summed E-state index contributed by atoms with van der Waals surface area (Å²) >= 11 is 0. The summed E-state index contributed by atoms with van der Waals surface area (Å²) in [6, 6.07) is 11.7. The summed E-state index contributed by atoms with van der Waals surface area (Å²) in [4.78, 5) is 13.3. The van der Waals surface area contributed by atoms with Crippen LogP contribution in [0.3, 0.4) is 0 Å². The quantitative estimate of drug-likeness (QED) is 0.724. The number of nitrogens with one attached hydrogen (secondary N) is 2. The van der Waals surface area contributed by atoms with E-state index in [0.717, 1.165) is 28.4 Å². The number of nitrogens with zero attached hydrogens (tertiary/aromatic N) is 3. The van der Waals surface area contributed by atoms with Gasteiger partial charge in [0.15, 0.2) is 11.5 Å². The van der Waals surface area contributed by atoms with Crippen LogP contribution >= 0.6 is 0 Å². The molecule has 0 saturated heterocycles. The number of pyridine rings is 1. The highest BCUT2D eigenvalue weighted by Gasteiger charge is 2.14.